The summed E-state index contributed by atoms with van der Waals surface area (Å²) in [6.45, 7) is 0. The van der Waals surface area contributed by atoms with Crippen LogP contribution in [0.25, 0.3) is 0 Å². The zero-order valence-electron chi connectivity index (χ0n) is 11.0. The number of pyridine rings is 1. The van der Waals surface area contributed by atoms with Gasteiger partial charge in [-0.05, 0) is 25.0 Å². The SMILES string of the molecule is N#CC1(NS(=O)(=O)c2cccnc2Cl)CCCCCC1. The zero-order valence-corrected chi connectivity index (χ0v) is 12.5. The lowest BCUT2D eigenvalue weighted by Crippen LogP contribution is -2.46. The molecule has 108 valence electrons. The number of nitrogens with zero attached hydrogens (tertiary/aromatic N) is 2. The van der Waals surface area contributed by atoms with Gasteiger partial charge < -0.3 is 0 Å². The Kier molecular flexibility index (Phi) is 4.63. The maximum absolute atomic E-state index is 12.4. The van der Waals surface area contributed by atoms with Gasteiger partial charge in [-0.15, -0.1) is 0 Å². The minimum atomic E-state index is -3.84. The Labute approximate surface area is 124 Å². The third kappa shape index (κ3) is 3.29. The predicted molar refractivity (Wildman–Crippen MR) is 75.6 cm³/mol. The van der Waals surface area contributed by atoms with Crippen molar-refractivity contribution >= 4 is 21.6 Å². The van der Waals surface area contributed by atoms with E-state index in [2.05, 4.69) is 15.8 Å². The molecule has 0 aliphatic heterocycles. The van der Waals surface area contributed by atoms with Crippen molar-refractivity contribution in [2.45, 2.75) is 49.0 Å². The normalized spacial score (nSPS) is 19.0. The van der Waals surface area contributed by atoms with Crippen LogP contribution in [-0.4, -0.2) is 18.9 Å². The molecule has 0 spiro atoms. The van der Waals surface area contributed by atoms with E-state index >= 15 is 0 Å². The van der Waals surface area contributed by atoms with Gasteiger partial charge in [-0.2, -0.15) is 9.98 Å². The summed E-state index contributed by atoms with van der Waals surface area (Å²) >= 11 is 5.83. The van der Waals surface area contributed by atoms with Crippen molar-refractivity contribution in [1.29, 1.82) is 5.26 Å². The Morgan fingerprint density at radius 1 is 1.30 bits per heavy atom. The first-order chi connectivity index (χ1) is 9.49. The maximum atomic E-state index is 12.4. The molecule has 0 unspecified atom stereocenters. The summed E-state index contributed by atoms with van der Waals surface area (Å²) in [7, 11) is -3.84. The molecular formula is C13H16ClN3O2S. The summed E-state index contributed by atoms with van der Waals surface area (Å²) in [4.78, 5) is 3.69. The van der Waals surface area contributed by atoms with Gasteiger partial charge in [0.1, 0.15) is 15.6 Å². The first kappa shape index (κ1) is 15.2. The number of hydrogen-bond acceptors (Lipinski definition) is 4. The van der Waals surface area contributed by atoms with Crippen molar-refractivity contribution in [2.75, 3.05) is 0 Å². The van der Waals surface area contributed by atoms with Crippen molar-refractivity contribution in [2.24, 2.45) is 0 Å². The lowest BCUT2D eigenvalue weighted by molar-refractivity contribution is 0.422. The number of halogens is 1. The highest BCUT2D eigenvalue weighted by molar-refractivity contribution is 7.89. The first-order valence-corrected chi connectivity index (χ1v) is 8.41. The Morgan fingerprint density at radius 2 is 1.95 bits per heavy atom. The molecule has 1 fully saturated rings. The van der Waals surface area contributed by atoms with Crippen molar-refractivity contribution in [1.82, 2.24) is 9.71 Å². The van der Waals surface area contributed by atoms with Crippen LogP contribution in [0.5, 0.6) is 0 Å². The fraction of sp³-hybridized carbons (Fsp3) is 0.538. The zero-order chi connectivity index (χ0) is 14.6. The molecule has 20 heavy (non-hydrogen) atoms. The van der Waals surface area contributed by atoms with Crippen LogP contribution < -0.4 is 4.72 Å². The molecule has 0 amide bonds. The fourth-order valence-electron chi connectivity index (χ4n) is 2.45. The molecule has 0 radical (unpaired) electrons. The van der Waals surface area contributed by atoms with Crippen LogP contribution in [0, 0.1) is 11.3 Å². The first-order valence-electron chi connectivity index (χ1n) is 6.55. The van der Waals surface area contributed by atoms with Crippen LogP contribution in [0.4, 0.5) is 0 Å². The molecule has 5 nitrogen and oxygen atoms in total. The van der Waals surface area contributed by atoms with Gasteiger partial charge in [0.15, 0.2) is 0 Å². The van der Waals surface area contributed by atoms with Crippen molar-refractivity contribution < 1.29 is 8.42 Å². The second-order valence-corrected chi connectivity index (χ2v) is 7.01. The highest BCUT2D eigenvalue weighted by Gasteiger charge is 2.36. The van der Waals surface area contributed by atoms with E-state index < -0.39 is 15.6 Å². The van der Waals surface area contributed by atoms with E-state index in [4.69, 9.17) is 11.6 Å². The number of nitriles is 1. The van der Waals surface area contributed by atoms with Crippen molar-refractivity contribution in [3.63, 3.8) is 0 Å². The van der Waals surface area contributed by atoms with E-state index in [1.807, 2.05) is 0 Å². The summed E-state index contributed by atoms with van der Waals surface area (Å²) in [6.07, 6.45) is 6.22. The van der Waals surface area contributed by atoms with Gasteiger partial charge in [0.05, 0.1) is 6.07 Å². The number of aromatic nitrogens is 1. The van der Waals surface area contributed by atoms with Gasteiger partial charge in [0, 0.05) is 6.20 Å². The molecule has 1 aromatic heterocycles. The highest BCUT2D eigenvalue weighted by Crippen LogP contribution is 2.29. The molecule has 0 aromatic carbocycles. The summed E-state index contributed by atoms with van der Waals surface area (Å²) in [5, 5.41) is 9.34. The predicted octanol–water partition coefficient (Wildman–Crippen LogP) is 2.63. The van der Waals surface area contributed by atoms with Crippen LogP contribution in [0.1, 0.15) is 38.5 Å². The van der Waals surface area contributed by atoms with E-state index in [1.165, 1.54) is 18.3 Å². The molecule has 1 aliphatic rings. The van der Waals surface area contributed by atoms with Crippen molar-refractivity contribution in [3.05, 3.63) is 23.5 Å². The maximum Gasteiger partial charge on any atom is 0.245 e. The van der Waals surface area contributed by atoms with Crippen LogP contribution in [0.2, 0.25) is 5.15 Å². The van der Waals surface area contributed by atoms with Gasteiger partial charge in [-0.25, -0.2) is 13.4 Å². The second kappa shape index (κ2) is 6.08. The number of nitrogens with one attached hydrogen (secondary N) is 1. The minimum absolute atomic E-state index is 0.0817. The standard InChI is InChI=1S/C13H16ClN3O2S/c14-12-11(6-5-9-16-12)20(18,19)17-13(10-15)7-3-1-2-4-8-13/h5-6,9,17H,1-4,7-8H2. The lowest BCUT2D eigenvalue weighted by atomic mass is 9.94. The molecule has 1 saturated carbocycles. The Hall–Kier alpha value is -1.16. The lowest BCUT2D eigenvalue weighted by Gasteiger charge is -2.26. The topological polar surface area (TPSA) is 82.9 Å². The molecule has 0 atom stereocenters. The van der Waals surface area contributed by atoms with E-state index in [0.29, 0.717) is 12.8 Å². The van der Waals surface area contributed by atoms with E-state index in [-0.39, 0.29) is 10.0 Å². The highest BCUT2D eigenvalue weighted by atomic mass is 35.5. The third-order valence-corrected chi connectivity index (χ3v) is 5.50. The van der Waals surface area contributed by atoms with Gasteiger partial charge in [-0.3, -0.25) is 0 Å². The van der Waals surface area contributed by atoms with Gasteiger partial charge in [0.2, 0.25) is 10.0 Å². The molecule has 7 heteroatoms. The molecule has 0 bridgehead atoms. The smallest absolute Gasteiger partial charge is 0.243 e. The Balaban J connectivity index is 2.31. The second-order valence-electron chi connectivity index (χ2n) is 5.01. The van der Waals surface area contributed by atoms with Crippen LogP contribution in [0.3, 0.4) is 0 Å². The summed E-state index contributed by atoms with van der Waals surface area (Å²) in [6, 6.07) is 5.04. The van der Waals surface area contributed by atoms with Crippen LogP contribution >= 0.6 is 11.6 Å². The van der Waals surface area contributed by atoms with Gasteiger partial charge in [0.25, 0.3) is 0 Å². The average molecular weight is 314 g/mol. The molecule has 1 heterocycles. The van der Waals surface area contributed by atoms with E-state index in [0.717, 1.165) is 25.7 Å². The average Bonchev–Trinajstić information content (AvgIpc) is 2.64. The number of sulfonamides is 1. The number of hydrogen-bond donors (Lipinski definition) is 1. The summed E-state index contributed by atoms with van der Waals surface area (Å²) < 4.78 is 27.4. The Morgan fingerprint density at radius 3 is 2.50 bits per heavy atom. The molecular weight excluding hydrogens is 298 g/mol. The van der Waals surface area contributed by atoms with Gasteiger partial charge >= 0.3 is 0 Å². The van der Waals surface area contributed by atoms with Gasteiger partial charge in [-0.1, -0.05) is 37.3 Å². The summed E-state index contributed by atoms with van der Waals surface area (Å²) in [5.74, 6) is 0. The third-order valence-electron chi connectivity index (χ3n) is 3.52. The minimum Gasteiger partial charge on any atom is -0.243 e. The quantitative estimate of drug-likeness (QED) is 0.687. The molecule has 1 aliphatic carbocycles. The molecule has 0 saturated heterocycles. The fourth-order valence-corrected chi connectivity index (χ4v) is 4.28. The molecule has 2 rings (SSSR count). The summed E-state index contributed by atoms with van der Waals surface area (Å²) in [5.41, 5.74) is -1.03. The monoisotopic (exact) mass is 313 g/mol. The number of rotatable bonds is 3. The van der Waals surface area contributed by atoms with E-state index in [1.54, 1.807) is 0 Å². The van der Waals surface area contributed by atoms with Crippen LogP contribution in [-0.2, 0) is 10.0 Å². The van der Waals surface area contributed by atoms with E-state index in [9.17, 15) is 13.7 Å². The largest absolute Gasteiger partial charge is 0.245 e. The molecule has 1 N–H and O–H groups in total. The van der Waals surface area contributed by atoms with Crippen molar-refractivity contribution in [3.8, 4) is 6.07 Å². The Bertz CT molecular complexity index is 617. The molecule has 1 aromatic rings. The van der Waals surface area contributed by atoms with Crippen LogP contribution in [0.15, 0.2) is 23.2 Å².